The van der Waals surface area contributed by atoms with Gasteiger partial charge in [0.1, 0.15) is 16.2 Å². The highest BCUT2D eigenvalue weighted by atomic mass is 32.2. The lowest BCUT2D eigenvalue weighted by Crippen LogP contribution is -2.17. The zero-order chi connectivity index (χ0) is 24.8. The number of ether oxygens (including phenoxy) is 1. The molecule has 0 aliphatic rings. The fourth-order valence-electron chi connectivity index (χ4n) is 3.89. The number of sulfone groups is 1. The van der Waals surface area contributed by atoms with Gasteiger partial charge in [-0.15, -0.1) is 0 Å². The zero-order valence-electron chi connectivity index (χ0n) is 18.9. The van der Waals surface area contributed by atoms with Gasteiger partial charge in [-0.25, -0.2) is 8.42 Å². The maximum absolute atomic E-state index is 13.2. The van der Waals surface area contributed by atoms with Crippen molar-refractivity contribution in [3.8, 4) is 16.9 Å². The third kappa shape index (κ3) is 3.59. The van der Waals surface area contributed by atoms with Crippen LogP contribution >= 0.6 is 0 Å². The number of methoxy groups -OCH3 is 1. The number of aromatic amines is 1. The molecule has 11 heteroatoms. The van der Waals surface area contributed by atoms with Gasteiger partial charge in [-0.2, -0.15) is 0 Å². The molecule has 0 radical (unpaired) electrons. The van der Waals surface area contributed by atoms with Crippen LogP contribution in [-0.2, 0) is 16.9 Å². The summed E-state index contributed by atoms with van der Waals surface area (Å²) >= 11 is 0. The monoisotopic (exact) mass is 482 g/mol. The smallest absolute Gasteiger partial charge is 0.334 e. The average Bonchev–Trinajstić information content (AvgIpc) is 3.27. The lowest BCUT2D eigenvalue weighted by atomic mass is 10.0. The highest BCUT2D eigenvalue weighted by Gasteiger charge is 2.28. The largest absolute Gasteiger partial charge is 0.490 e. The van der Waals surface area contributed by atoms with E-state index in [0.29, 0.717) is 16.5 Å². The van der Waals surface area contributed by atoms with Crippen LogP contribution in [0.1, 0.15) is 5.56 Å². The summed E-state index contributed by atoms with van der Waals surface area (Å²) in [5, 5.41) is 14.7. The van der Waals surface area contributed by atoms with Gasteiger partial charge < -0.3 is 19.6 Å². The number of nitro benzene ring substituents is 1. The van der Waals surface area contributed by atoms with Crippen molar-refractivity contribution in [1.82, 2.24) is 9.55 Å². The Balaban J connectivity index is 2.04. The van der Waals surface area contributed by atoms with E-state index >= 15 is 0 Å². The van der Waals surface area contributed by atoms with Gasteiger partial charge in [-0.05, 0) is 37.3 Å². The Morgan fingerprint density at radius 1 is 1.12 bits per heavy atom. The molecule has 4 rings (SSSR count). The van der Waals surface area contributed by atoms with Gasteiger partial charge in [0.25, 0.3) is 5.56 Å². The number of fused-ring (bicyclic) bond motifs is 1. The number of nitrogens with zero attached hydrogens (tertiary/aromatic N) is 2. The normalized spacial score (nSPS) is 11.5. The third-order valence-corrected chi connectivity index (χ3v) is 7.33. The molecule has 0 aliphatic heterocycles. The number of anilines is 1. The third-order valence-electron chi connectivity index (χ3n) is 5.64. The number of hydrogen-bond donors (Lipinski definition) is 2. The van der Waals surface area contributed by atoms with Gasteiger partial charge in [0, 0.05) is 36.8 Å². The number of nitrogens with one attached hydrogen (secondary N) is 2. The number of pyridine rings is 1. The number of benzene rings is 2. The van der Waals surface area contributed by atoms with Crippen molar-refractivity contribution >= 4 is 32.1 Å². The standard InChI is InChI=1S/C23H22N4O6S/c1-13-5-7-14(8-6-13)34(31,32)19-11-16-17(12-26(3)23(28)20(16)25-19)15-9-10-18(24-2)21(27(29)30)22(15)33-4/h5-12,24-25H,1-4H3. The fourth-order valence-corrected chi connectivity index (χ4v) is 5.14. The molecule has 0 atom stereocenters. The second-order valence-electron chi connectivity index (χ2n) is 7.75. The average molecular weight is 483 g/mol. The highest BCUT2D eigenvalue weighted by molar-refractivity contribution is 7.91. The molecule has 34 heavy (non-hydrogen) atoms. The molecule has 0 saturated heterocycles. The second kappa shape index (κ2) is 8.34. The minimum absolute atomic E-state index is 0.0130. The van der Waals surface area contributed by atoms with Crippen LogP contribution in [0.2, 0.25) is 0 Å². The first-order valence-electron chi connectivity index (χ1n) is 10.2. The number of nitro groups is 1. The topological polar surface area (TPSA) is 136 Å². The van der Waals surface area contributed by atoms with Gasteiger partial charge in [0.2, 0.25) is 15.6 Å². The first-order chi connectivity index (χ1) is 16.1. The summed E-state index contributed by atoms with van der Waals surface area (Å²) < 4.78 is 33.2. The summed E-state index contributed by atoms with van der Waals surface area (Å²) in [4.78, 5) is 26.9. The van der Waals surface area contributed by atoms with Crippen LogP contribution in [-0.4, -0.2) is 37.0 Å². The Morgan fingerprint density at radius 3 is 2.38 bits per heavy atom. The molecule has 0 fully saturated rings. The minimum atomic E-state index is -3.95. The van der Waals surface area contributed by atoms with Crippen LogP contribution in [0.5, 0.6) is 5.75 Å². The molecule has 0 unspecified atom stereocenters. The molecule has 0 amide bonds. The van der Waals surface area contributed by atoms with Crippen LogP contribution in [0.3, 0.4) is 0 Å². The van der Waals surface area contributed by atoms with E-state index in [4.69, 9.17) is 4.74 Å². The molecule has 2 N–H and O–H groups in total. The number of aryl methyl sites for hydroxylation is 2. The summed E-state index contributed by atoms with van der Waals surface area (Å²) in [5.41, 5.74) is 1.26. The van der Waals surface area contributed by atoms with Crippen molar-refractivity contribution in [1.29, 1.82) is 0 Å². The zero-order valence-corrected chi connectivity index (χ0v) is 19.7. The summed E-state index contributed by atoms with van der Waals surface area (Å²) in [6.07, 6.45) is 1.50. The van der Waals surface area contributed by atoms with E-state index in [2.05, 4.69) is 10.3 Å². The Morgan fingerprint density at radius 2 is 1.79 bits per heavy atom. The molecule has 10 nitrogen and oxygen atoms in total. The first-order valence-corrected chi connectivity index (χ1v) is 11.7. The fraction of sp³-hybridized carbons (Fsp3) is 0.174. The highest BCUT2D eigenvalue weighted by Crippen LogP contribution is 2.44. The van der Waals surface area contributed by atoms with E-state index in [-0.39, 0.29) is 32.6 Å². The number of aromatic nitrogens is 2. The van der Waals surface area contributed by atoms with Gasteiger partial charge >= 0.3 is 5.69 Å². The van der Waals surface area contributed by atoms with Crippen molar-refractivity contribution < 1.29 is 18.1 Å². The molecule has 0 aliphatic carbocycles. The first kappa shape index (κ1) is 23.1. The molecular weight excluding hydrogens is 460 g/mol. The number of hydrogen-bond acceptors (Lipinski definition) is 7. The lowest BCUT2D eigenvalue weighted by molar-refractivity contribution is -0.384. The molecule has 0 saturated carbocycles. The van der Waals surface area contributed by atoms with Crippen LogP contribution in [0.4, 0.5) is 11.4 Å². The van der Waals surface area contributed by atoms with Crippen molar-refractivity contribution in [3.05, 3.63) is 74.7 Å². The van der Waals surface area contributed by atoms with E-state index < -0.39 is 20.3 Å². The van der Waals surface area contributed by atoms with Gasteiger partial charge in [-0.3, -0.25) is 14.9 Å². The maximum Gasteiger partial charge on any atom is 0.334 e. The van der Waals surface area contributed by atoms with E-state index in [0.717, 1.165) is 5.56 Å². The molecule has 0 bridgehead atoms. The summed E-state index contributed by atoms with van der Waals surface area (Å²) in [7, 11) is 0.440. The van der Waals surface area contributed by atoms with Crippen LogP contribution in [0.25, 0.3) is 22.0 Å². The molecule has 176 valence electrons. The van der Waals surface area contributed by atoms with E-state index in [9.17, 15) is 23.3 Å². The SMILES string of the molecule is CNc1ccc(-c2cn(C)c(=O)c3[nH]c(S(=O)(=O)c4ccc(C)cc4)cc23)c(OC)c1[N+](=O)[O-]. The van der Waals surface area contributed by atoms with Crippen LogP contribution in [0, 0.1) is 17.0 Å². The predicted octanol–water partition coefficient (Wildman–Crippen LogP) is 3.63. The molecular formula is C23H22N4O6S. The van der Waals surface area contributed by atoms with Gasteiger partial charge in [-0.1, -0.05) is 17.7 Å². The van der Waals surface area contributed by atoms with Crippen molar-refractivity contribution in [3.63, 3.8) is 0 Å². The summed E-state index contributed by atoms with van der Waals surface area (Å²) in [6.45, 7) is 1.85. The van der Waals surface area contributed by atoms with Crippen molar-refractivity contribution in [2.75, 3.05) is 19.5 Å². The Kier molecular flexibility index (Phi) is 5.65. The molecule has 0 spiro atoms. The second-order valence-corrected chi connectivity index (χ2v) is 9.67. The summed E-state index contributed by atoms with van der Waals surface area (Å²) in [6, 6.07) is 10.9. The maximum atomic E-state index is 13.2. The predicted molar refractivity (Wildman–Crippen MR) is 128 cm³/mol. The molecule has 4 aromatic rings. The van der Waals surface area contributed by atoms with Crippen LogP contribution in [0.15, 0.2) is 63.4 Å². The van der Waals surface area contributed by atoms with Gasteiger partial charge in [0.05, 0.1) is 16.9 Å². The van der Waals surface area contributed by atoms with E-state index in [1.807, 2.05) is 6.92 Å². The van der Waals surface area contributed by atoms with Gasteiger partial charge in [0.15, 0.2) is 0 Å². The minimum Gasteiger partial charge on any atom is -0.490 e. The van der Waals surface area contributed by atoms with E-state index in [1.165, 1.54) is 49.2 Å². The number of H-pyrrole nitrogens is 1. The lowest BCUT2D eigenvalue weighted by Gasteiger charge is -2.13. The van der Waals surface area contributed by atoms with E-state index in [1.54, 1.807) is 25.2 Å². The Labute approximate surface area is 194 Å². The number of rotatable bonds is 6. The van der Waals surface area contributed by atoms with Crippen LogP contribution < -0.4 is 15.6 Å². The Hall–Kier alpha value is -4.12. The van der Waals surface area contributed by atoms with Crippen molar-refractivity contribution in [2.45, 2.75) is 16.8 Å². The quantitative estimate of drug-likeness (QED) is 0.316. The Bertz CT molecular complexity index is 1600. The molecule has 2 aromatic heterocycles. The van der Waals surface area contributed by atoms with Crippen molar-refractivity contribution in [2.24, 2.45) is 7.05 Å². The molecule has 2 heterocycles. The molecule has 2 aromatic carbocycles. The summed E-state index contributed by atoms with van der Waals surface area (Å²) in [5.74, 6) is -0.0130.